The molecule has 0 saturated carbocycles. The number of benzene rings is 1. The molecule has 15 heavy (non-hydrogen) atoms. The van der Waals surface area contributed by atoms with Gasteiger partial charge < -0.3 is 5.11 Å². The van der Waals surface area contributed by atoms with Crippen molar-refractivity contribution in [3.8, 4) is 11.8 Å². The quantitative estimate of drug-likeness (QED) is 0.400. The topological polar surface area (TPSA) is 20.2 Å². The van der Waals surface area contributed by atoms with Gasteiger partial charge in [0.05, 0.1) is 0 Å². The van der Waals surface area contributed by atoms with Gasteiger partial charge in [-0.3, -0.25) is 0 Å². The molecule has 0 unspecified atom stereocenters. The van der Waals surface area contributed by atoms with Crippen LogP contribution in [0.15, 0.2) is 0 Å². The predicted molar refractivity (Wildman–Crippen MR) is 45.0 cm³/mol. The van der Waals surface area contributed by atoms with E-state index >= 15 is 0 Å². The molecule has 0 amide bonds. The van der Waals surface area contributed by atoms with E-state index in [1.54, 1.807) is 0 Å². The van der Waals surface area contributed by atoms with Crippen LogP contribution in [0.2, 0.25) is 0 Å². The lowest BCUT2D eigenvalue weighted by atomic mass is 10.1. The van der Waals surface area contributed by atoms with E-state index in [9.17, 15) is 17.6 Å². The standard InChI is InChI=1S/C10H6F4O/c1-5-7(11)9(13)6(3-2-4-15)10(14)8(5)12/h15H,4H2,1H3. The zero-order valence-corrected chi connectivity index (χ0v) is 7.67. The second-order valence-corrected chi connectivity index (χ2v) is 2.72. The van der Waals surface area contributed by atoms with Crippen LogP contribution in [0.25, 0.3) is 0 Å². The Morgan fingerprint density at radius 2 is 1.47 bits per heavy atom. The smallest absolute Gasteiger partial charge is 0.177 e. The Hall–Kier alpha value is -1.54. The molecule has 0 spiro atoms. The molecule has 0 heterocycles. The SMILES string of the molecule is Cc1c(F)c(F)c(C#CCO)c(F)c1F. The molecule has 0 aliphatic carbocycles. The molecule has 0 fully saturated rings. The molecular formula is C10H6F4O. The van der Waals surface area contributed by atoms with Crippen molar-refractivity contribution >= 4 is 0 Å². The lowest BCUT2D eigenvalue weighted by Gasteiger charge is -2.04. The second-order valence-electron chi connectivity index (χ2n) is 2.72. The van der Waals surface area contributed by atoms with Crippen molar-refractivity contribution in [2.24, 2.45) is 0 Å². The van der Waals surface area contributed by atoms with E-state index < -0.39 is 41.0 Å². The summed E-state index contributed by atoms with van der Waals surface area (Å²) in [6, 6.07) is 0. The van der Waals surface area contributed by atoms with Crippen LogP contribution in [0, 0.1) is 42.0 Å². The fourth-order valence-corrected chi connectivity index (χ4v) is 0.979. The van der Waals surface area contributed by atoms with Crippen molar-refractivity contribution in [2.75, 3.05) is 6.61 Å². The van der Waals surface area contributed by atoms with Gasteiger partial charge in [-0.15, -0.1) is 0 Å². The summed E-state index contributed by atoms with van der Waals surface area (Å²) in [5.74, 6) is -2.33. The van der Waals surface area contributed by atoms with Gasteiger partial charge in [0.2, 0.25) is 0 Å². The summed E-state index contributed by atoms with van der Waals surface area (Å²) >= 11 is 0. The summed E-state index contributed by atoms with van der Waals surface area (Å²) < 4.78 is 52.0. The van der Waals surface area contributed by atoms with Gasteiger partial charge in [-0.05, 0) is 6.92 Å². The Kier molecular flexibility index (Phi) is 3.32. The van der Waals surface area contributed by atoms with Crippen LogP contribution in [0.4, 0.5) is 17.6 Å². The lowest BCUT2D eigenvalue weighted by Crippen LogP contribution is -2.03. The Balaban J connectivity index is 3.52. The van der Waals surface area contributed by atoms with Gasteiger partial charge in [0, 0.05) is 5.56 Å². The minimum atomic E-state index is -1.55. The molecule has 0 aromatic heterocycles. The van der Waals surface area contributed by atoms with Gasteiger partial charge in [-0.1, -0.05) is 11.8 Å². The summed E-state index contributed by atoms with van der Waals surface area (Å²) in [7, 11) is 0. The van der Waals surface area contributed by atoms with Crippen molar-refractivity contribution in [2.45, 2.75) is 6.92 Å². The Morgan fingerprint density at radius 3 is 1.87 bits per heavy atom. The summed E-state index contributed by atoms with van der Waals surface area (Å²) in [6.07, 6.45) is 0. The number of halogens is 4. The molecule has 80 valence electrons. The monoisotopic (exact) mass is 218 g/mol. The molecule has 5 heteroatoms. The molecule has 1 rings (SSSR count). The van der Waals surface area contributed by atoms with E-state index in [-0.39, 0.29) is 0 Å². The summed E-state index contributed by atoms with van der Waals surface area (Å²) in [5, 5.41) is 8.30. The zero-order chi connectivity index (χ0) is 11.6. The van der Waals surface area contributed by atoms with Gasteiger partial charge in [0.1, 0.15) is 12.2 Å². The number of hydrogen-bond donors (Lipinski definition) is 1. The highest BCUT2D eigenvalue weighted by Crippen LogP contribution is 2.22. The molecule has 0 bridgehead atoms. The molecule has 0 aliphatic rings. The number of rotatable bonds is 0. The summed E-state index contributed by atoms with van der Waals surface area (Å²) in [4.78, 5) is 0. The Morgan fingerprint density at radius 1 is 1.00 bits per heavy atom. The fourth-order valence-electron chi connectivity index (χ4n) is 0.979. The number of hydrogen-bond acceptors (Lipinski definition) is 1. The first-order valence-corrected chi connectivity index (χ1v) is 3.93. The van der Waals surface area contributed by atoms with Crippen LogP contribution < -0.4 is 0 Å². The minimum Gasteiger partial charge on any atom is -0.384 e. The van der Waals surface area contributed by atoms with Crippen molar-refractivity contribution < 1.29 is 22.7 Å². The average Bonchev–Trinajstić information content (AvgIpc) is 2.24. The third kappa shape index (κ3) is 1.95. The number of aliphatic hydroxyl groups excluding tert-OH is 1. The largest absolute Gasteiger partial charge is 0.384 e. The van der Waals surface area contributed by atoms with Crippen LogP contribution in [-0.2, 0) is 0 Å². The van der Waals surface area contributed by atoms with Crippen LogP contribution >= 0.6 is 0 Å². The molecule has 1 aromatic carbocycles. The van der Waals surface area contributed by atoms with Crippen LogP contribution in [0.3, 0.4) is 0 Å². The fraction of sp³-hybridized carbons (Fsp3) is 0.200. The second kappa shape index (κ2) is 4.32. The Labute approximate surface area is 83.3 Å². The van der Waals surface area contributed by atoms with Gasteiger partial charge >= 0.3 is 0 Å². The molecule has 0 saturated heterocycles. The van der Waals surface area contributed by atoms with E-state index in [4.69, 9.17) is 5.11 Å². The highest BCUT2D eigenvalue weighted by Gasteiger charge is 2.21. The molecule has 0 aliphatic heterocycles. The molecule has 1 nitrogen and oxygen atoms in total. The van der Waals surface area contributed by atoms with E-state index in [0.717, 1.165) is 6.92 Å². The maximum atomic E-state index is 13.1. The molecule has 0 radical (unpaired) electrons. The van der Waals surface area contributed by atoms with Gasteiger partial charge in [-0.25, -0.2) is 17.6 Å². The zero-order valence-electron chi connectivity index (χ0n) is 7.67. The van der Waals surface area contributed by atoms with Gasteiger partial charge in [-0.2, -0.15) is 0 Å². The molecule has 1 aromatic rings. The first-order valence-electron chi connectivity index (χ1n) is 3.93. The summed E-state index contributed by atoms with van der Waals surface area (Å²) in [6.45, 7) is 0.260. The predicted octanol–water partition coefficient (Wildman–Crippen LogP) is 1.90. The highest BCUT2D eigenvalue weighted by molar-refractivity contribution is 5.40. The van der Waals surface area contributed by atoms with Crippen molar-refractivity contribution in [3.63, 3.8) is 0 Å². The lowest BCUT2D eigenvalue weighted by molar-refractivity contribution is 0.350. The van der Waals surface area contributed by atoms with Gasteiger partial charge in [0.15, 0.2) is 23.3 Å². The average molecular weight is 218 g/mol. The molecule has 1 N–H and O–H groups in total. The van der Waals surface area contributed by atoms with E-state index in [0.29, 0.717) is 0 Å². The van der Waals surface area contributed by atoms with E-state index in [1.165, 1.54) is 0 Å². The summed E-state index contributed by atoms with van der Waals surface area (Å²) in [5.41, 5.74) is -1.75. The van der Waals surface area contributed by atoms with Crippen molar-refractivity contribution in [3.05, 3.63) is 34.4 Å². The van der Waals surface area contributed by atoms with Crippen LogP contribution in [0.1, 0.15) is 11.1 Å². The molecular weight excluding hydrogens is 212 g/mol. The Bertz CT molecular complexity index is 428. The minimum absolute atomic E-state index is 0.657. The highest BCUT2D eigenvalue weighted by atomic mass is 19.2. The van der Waals surface area contributed by atoms with Crippen LogP contribution in [0.5, 0.6) is 0 Å². The third-order valence-electron chi connectivity index (χ3n) is 1.78. The normalized spacial score (nSPS) is 9.73. The maximum absolute atomic E-state index is 13.1. The maximum Gasteiger partial charge on any atom is 0.177 e. The number of aliphatic hydroxyl groups is 1. The van der Waals surface area contributed by atoms with Crippen molar-refractivity contribution in [1.29, 1.82) is 0 Å². The van der Waals surface area contributed by atoms with Crippen molar-refractivity contribution in [1.82, 2.24) is 0 Å². The third-order valence-corrected chi connectivity index (χ3v) is 1.78. The van der Waals surface area contributed by atoms with Gasteiger partial charge in [0.25, 0.3) is 0 Å². The van der Waals surface area contributed by atoms with E-state index in [2.05, 4.69) is 0 Å². The van der Waals surface area contributed by atoms with E-state index in [1.807, 2.05) is 11.8 Å². The van der Waals surface area contributed by atoms with Crippen LogP contribution in [-0.4, -0.2) is 11.7 Å². The first-order chi connectivity index (χ1) is 7.00. The molecule has 0 atom stereocenters. The first kappa shape index (κ1) is 11.5.